The minimum absolute atomic E-state index is 0.105. The summed E-state index contributed by atoms with van der Waals surface area (Å²) < 4.78 is 0. The highest BCUT2D eigenvalue weighted by molar-refractivity contribution is 6.13. The van der Waals surface area contributed by atoms with E-state index in [1.165, 1.54) is 11.9 Å². The van der Waals surface area contributed by atoms with E-state index in [1.54, 1.807) is 0 Å². The van der Waals surface area contributed by atoms with Crippen LogP contribution < -0.4 is 0 Å². The number of likely N-dealkylation sites (tertiary alicyclic amines) is 1. The van der Waals surface area contributed by atoms with Gasteiger partial charge in [-0.15, -0.1) is 0 Å². The molecule has 66 valence electrons. The fraction of sp³-hybridized carbons (Fsp3) is 0.556. The van der Waals surface area contributed by atoms with Crippen LogP contribution in [-0.2, 0) is 9.59 Å². The third kappa shape index (κ3) is 1.55. The molecule has 1 heterocycles. The molecular weight excluding hydrogens is 154 g/mol. The van der Waals surface area contributed by atoms with E-state index in [0.717, 1.165) is 0 Å². The van der Waals surface area contributed by atoms with Gasteiger partial charge in [0.1, 0.15) is 0 Å². The molecular formula is C9H13NO2. The third-order valence-electron chi connectivity index (χ3n) is 1.83. The molecule has 3 heteroatoms. The molecule has 0 unspecified atom stereocenters. The molecule has 1 rings (SSSR count). The van der Waals surface area contributed by atoms with Crippen molar-refractivity contribution in [2.24, 2.45) is 5.92 Å². The van der Waals surface area contributed by atoms with Crippen LogP contribution in [0.2, 0.25) is 0 Å². The summed E-state index contributed by atoms with van der Waals surface area (Å²) in [6, 6.07) is 0. The molecule has 1 aliphatic rings. The van der Waals surface area contributed by atoms with Gasteiger partial charge >= 0.3 is 0 Å². The first kappa shape index (κ1) is 8.97. The van der Waals surface area contributed by atoms with E-state index in [2.05, 4.69) is 0 Å². The number of hydrogen-bond donors (Lipinski definition) is 0. The minimum Gasteiger partial charge on any atom is -0.282 e. The third-order valence-corrected chi connectivity index (χ3v) is 1.83. The van der Waals surface area contributed by atoms with E-state index >= 15 is 0 Å². The predicted molar refractivity (Wildman–Crippen MR) is 45.3 cm³/mol. The van der Waals surface area contributed by atoms with Crippen molar-refractivity contribution < 1.29 is 9.59 Å². The maximum atomic E-state index is 11.3. The summed E-state index contributed by atoms with van der Waals surface area (Å²) in [5.41, 5.74) is 0.637. The first-order valence-corrected chi connectivity index (χ1v) is 4.04. The zero-order valence-electron chi connectivity index (χ0n) is 7.63. The smallest absolute Gasteiger partial charge is 0.256 e. The van der Waals surface area contributed by atoms with Gasteiger partial charge in [0.25, 0.3) is 5.91 Å². The number of rotatable bonds is 1. The van der Waals surface area contributed by atoms with E-state index in [4.69, 9.17) is 0 Å². The fourth-order valence-electron chi connectivity index (χ4n) is 1.22. The van der Waals surface area contributed by atoms with Gasteiger partial charge in [-0.25, -0.2) is 0 Å². The maximum absolute atomic E-state index is 11.3. The van der Waals surface area contributed by atoms with Crippen molar-refractivity contribution in [2.75, 3.05) is 7.05 Å². The topological polar surface area (TPSA) is 37.4 Å². The Labute approximate surface area is 72.0 Å². The molecule has 0 aliphatic carbocycles. The molecule has 1 aliphatic heterocycles. The van der Waals surface area contributed by atoms with Gasteiger partial charge < -0.3 is 0 Å². The molecule has 0 aromatic carbocycles. The zero-order valence-corrected chi connectivity index (χ0v) is 7.63. The van der Waals surface area contributed by atoms with Crippen LogP contribution in [0.3, 0.4) is 0 Å². The van der Waals surface area contributed by atoms with Crippen LogP contribution in [0.25, 0.3) is 0 Å². The number of nitrogens with zero attached hydrogens (tertiary/aromatic N) is 1. The molecule has 12 heavy (non-hydrogen) atoms. The van der Waals surface area contributed by atoms with E-state index in [-0.39, 0.29) is 18.2 Å². The van der Waals surface area contributed by atoms with Gasteiger partial charge in [-0.05, 0) is 5.92 Å². The summed E-state index contributed by atoms with van der Waals surface area (Å²) in [5.74, 6) is 0.0730. The van der Waals surface area contributed by atoms with Crippen molar-refractivity contribution in [3.05, 3.63) is 11.6 Å². The van der Waals surface area contributed by atoms with Crippen molar-refractivity contribution in [3.8, 4) is 0 Å². The predicted octanol–water partition coefficient (Wildman–Crippen LogP) is 0.958. The molecule has 0 aromatic heterocycles. The summed E-state index contributed by atoms with van der Waals surface area (Å²) in [4.78, 5) is 23.5. The lowest BCUT2D eigenvalue weighted by Gasteiger charge is -2.02. The number of allylic oxidation sites excluding steroid dienone is 1. The summed E-state index contributed by atoms with van der Waals surface area (Å²) in [5, 5.41) is 0. The van der Waals surface area contributed by atoms with Crippen molar-refractivity contribution in [1.82, 2.24) is 4.90 Å². The van der Waals surface area contributed by atoms with Crippen LogP contribution >= 0.6 is 0 Å². The van der Waals surface area contributed by atoms with Gasteiger partial charge in [0.2, 0.25) is 5.91 Å². The molecule has 1 saturated heterocycles. The van der Waals surface area contributed by atoms with Crippen molar-refractivity contribution >= 4 is 11.8 Å². The Morgan fingerprint density at radius 2 is 2.00 bits per heavy atom. The van der Waals surface area contributed by atoms with Crippen LogP contribution in [0.5, 0.6) is 0 Å². The first-order valence-electron chi connectivity index (χ1n) is 4.04. The summed E-state index contributed by atoms with van der Waals surface area (Å²) in [7, 11) is 1.52. The van der Waals surface area contributed by atoms with Gasteiger partial charge in [-0.3, -0.25) is 14.5 Å². The molecule has 2 amide bonds. The van der Waals surface area contributed by atoms with E-state index in [1.807, 2.05) is 19.9 Å². The lowest BCUT2D eigenvalue weighted by molar-refractivity contribution is -0.135. The number of amides is 2. The summed E-state index contributed by atoms with van der Waals surface area (Å²) in [6.45, 7) is 3.98. The summed E-state index contributed by atoms with van der Waals surface area (Å²) in [6.07, 6.45) is 2.12. The Kier molecular flexibility index (Phi) is 2.31. The van der Waals surface area contributed by atoms with E-state index < -0.39 is 0 Å². The number of hydrogen-bond acceptors (Lipinski definition) is 2. The number of carbonyl (C=O) groups excluding carboxylic acids is 2. The highest BCUT2D eigenvalue weighted by Gasteiger charge is 2.30. The number of carbonyl (C=O) groups is 2. The van der Waals surface area contributed by atoms with Crippen molar-refractivity contribution in [2.45, 2.75) is 20.3 Å². The maximum Gasteiger partial charge on any atom is 0.256 e. The number of likely N-dealkylation sites (N-methyl/N-ethyl adjacent to an activating group) is 1. The number of imide groups is 1. The normalized spacial score (nSPS) is 21.7. The Hall–Kier alpha value is -1.12. The molecule has 3 nitrogen and oxygen atoms in total. The molecule has 0 bridgehead atoms. The Morgan fingerprint density at radius 1 is 1.42 bits per heavy atom. The van der Waals surface area contributed by atoms with Crippen molar-refractivity contribution in [3.63, 3.8) is 0 Å². The average molecular weight is 167 g/mol. The van der Waals surface area contributed by atoms with Crippen LogP contribution in [0, 0.1) is 5.92 Å². The van der Waals surface area contributed by atoms with Crippen LogP contribution in [0.1, 0.15) is 20.3 Å². The SMILES string of the molecule is CC(C)C=C1CC(=O)N(C)C1=O. The molecule has 1 fully saturated rings. The average Bonchev–Trinajstić information content (AvgIpc) is 2.17. The molecule has 0 saturated carbocycles. The Morgan fingerprint density at radius 3 is 2.33 bits per heavy atom. The van der Waals surface area contributed by atoms with E-state index in [9.17, 15) is 9.59 Å². The first-order chi connectivity index (χ1) is 5.52. The second kappa shape index (κ2) is 3.09. The second-order valence-electron chi connectivity index (χ2n) is 3.37. The van der Waals surface area contributed by atoms with Gasteiger partial charge in [-0.1, -0.05) is 19.9 Å². The summed E-state index contributed by atoms with van der Waals surface area (Å²) >= 11 is 0. The van der Waals surface area contributed by atoms with Gasteiger partial charge in [-0.2, -0.15) is 0 Å². The highest BCUT2D eigenvalue weighted by atomic mass is 16.2. The van der Waals surface area contributed by atoms with Crippen molar-refractivity contribution in [1.29, 1.82) is 0 Å². The highest BCUT2D eigenvalue weighted by Crippen LogP contribution is 2.18. The molecule has 0 radical (unpaired) electrons. The Bertz CT molecular complexity index is 253. The fourth-order valence-corrected chi connectivity index (χ4v) is 1.22. The lowest BCUT2D eigenvalue weighted by Crippen LogP contribution is -2.23. The minimum atomic E-state index is -0.145. The van der Waals surface area contributed by atoms with Gasteiger partial charge in [0, 0.05) is 12.6 Å². The zero-order chi connectivity index (χ0) is 9.30. The monoisotopic (exact) mass is 167 g/mol. The molecule has 0 N–H and O–H groups in total. The molecule has 0 aromatic rings. The van der Waals surface area contributed by atoms with Gasteiger partial charge in [0.15, 0.2) is 0 Å². The van der Waals surface area contributed by atoms with E-state index in [0.29, 0.717) is 11.5 Å². The largest absolute Gasteiger partial charge is 0.282 e. The van der Waals surface area contributed by atoms with Crippen LogP contribution in [0.4, 0.5) is 0 Å². The Balaban J connectivity index is 2.85. The lowest BCUT2D eigenvalue weighted by atomic mass is 10.1. The van der Waals surface area contributed by atoms with Crippen LogP contribution in [0.15, 0.2) is 11.6 Å². The second-order valence-corrected chi connectivity index (χ2v) is 3.37. The van der Waals surface area contributed by atoms with Gasteiger partial charge in [0.05, 0.1) is 6.42 Å². The molecule has 0 spiro atoms. The van der Waals surface area contributed by atoms with Crippen LogP contribution in [-0.4, -0.2) is 23.8 Å². The standard InChI is InChI=1S/C9H13NO2/c1-6(2)4-7-5-8(11)10(3)9(7)12/h4,6H,5H2,1-3H3. The quantitative estimate of drug-likeness (QED) is 0.431. The molecule has 0 atom stereocenters.